The Hall–Kier alpha value is -3.48. The van der Waals surface area contributed by atoms with Gasteiger partial charge in [0.25, 0.3) is 5.91 Å². The number of hydrogen-bond acceptors (Lipinski definition) is 3. The molecule has 5 nitrogen and oxygen atoms in total. The quantitative estimate of drug-likeness (QED) is 0.402. The van der Waals surface area contributed by atoms with Crippen molar-refractivity contribution < 1.29 is 28.2 Å². The summed E-state index contributed by atoms with van der Waals surface area (Å²) in [5.41, 5.74) is -1.13. The Labute approximate surface area is 191 Å². The largest absolute Gasteiger partial charge is 0.487 e. The smallest absolute Gasteiger partial charge is 0.329 e. The number of carbonyl (C=O) groups excluding carboxylic acids is 1. The van der Waals surface area contributed by atoms with E-state index < -0.39 is 29.0 Å². The van der Waals surface area contributed by atoms with Gasteiger partial charge in [0, 0.05) is 17.0 Å². The SMILES string of the molecule is CCCCC(CC)(NC(=O)c1ccc2ccccc2c1OCc1ccc(F)cc1F)C(=O)O. The van der Waals surface area contributed by atoms with Gasteiger partial charge >= 0.3 is 5.97 Å². The van der Waals surface area contributed by atoms with Crippen molar-refractivity contribution in [3.63, 3.8) is 0 Å². The van der Waals surface area contributed by atoms with Crippen molar-refractivity contribution in [2.24, 2.45) is 0 Å². The lowest BCUT2D eigenvalue weighted by Gasteiger charge is -2.30. The molecule has 0 aromatic heterocycles. The summed E-state index contributed by atoms with van der Waals surface area (Å²) in [6.45, 7) is 3.45. The maximum atomic E-state index is 14.1. The van der Waals surface area contributed by atoms with Crippen molar-refractivity contribution in [3.8, 4) is 5.75 Å². The summed E-state index contributed by atoms with van der Waals surface area (Å²) in [5.74, 6) is -2.92. The molecule has 3 rings (SSSR count). The molecule has 0 fully saturated rings. The third-order valence-electron chi connectivity index (χ3n) is 5.83. The molecule has 0 bridgehead atoms. The third kappa shape index (κ3) is 5.30. The van der Waals surface area contributed by atoms with Gasteiger partial charge in [0.05, 0.1) is 5.56 Å². The molecule has 1 unspecified atom stereocenters. The van der Waals surface area contributed by atoms with E-state index in [-0.39, 0.29) is 29.9 Å². The first-order valence-electron chi connectivity index (χ1n) is 11.0. The van der Waals surface area contributed by atoms with Gasteiger partial charge in [0.15, 0.2) is 0 Å². The molecule has 0 radical (unpaired) electrons. The summed E-state index contributed by atoms with van der Waals surface area (Å²) in [6.07, 6.45) is 1.95. The van der Waals surface area contributed by atoms with Crippen molar-refractivity contribution in [2.75, 3.05) is 0 Å². The van der Waals surface area contributed by atoms with Crippen LogP contribution < -0.4 is 10.1 Å². The van der Waals surface area contributed by atoms with E-state index >= 15 is 0 Å². The molecular weight excluding hydrogens is 428 g/mol. The number of nitrogens with one attached hydrogen (secondary N) is 1. The topological polar surface area (TPSA) is 75.6 Å². The standard InChI is InChI=1S/C26H27F2NO4/c1-3-5-14-26(4-2,25(31)32)29-24(30)21-13-11-17-8-6-7-9-20(17)23(21)33-16-18-10-12-19(27)15-22(18)28/h6-13,15H,3-5,14,16H2,1-2H3,(H,29,30)(H,31,32). The first kappa shape index (κ1) is 24.2. The van der Waals surface area contributed by atoms with E-state index in [4.69, 9.17) is 4.74 Å². The van der Waals surface area contributed by atoms with Gasteiger partial charge in [-0.15, -0.1) is 0 Å². The molecule has 0 aliphatic heterocycles. The molecular formula is C26H27F2NO4. The van der Waals surface area contributed by atoms with E-state index in [1.807, 2.05) is 19.1 Å². The molecule has 0 saturated heterocycles. The number of amides is 1. The van der Waals surface area contributed by atoms with E-state index in [9.17, 15) is 23.5 Å². The summed E-state index contributed by atoms with van der Waals surface area (Å²) < 4.78 is 33.3. The fraction of sp³-hybridized carbons (Fsp3) is 0.308. The lowest BCUT2D eigenvalue weighted by Crippen LogP contribution is -2.54. The molecule has 0 aliphatic carbocycles. The number of aliphatic carboxylic acids is 1. The fourth-order valence-electron chi connectivity index (χ4n) is 3.77. The Balaban J connectivity index is 1.99. The van der Waals surface area contributed by atoms with Crippen LogP contribution in [0.2, 0.25) is 0 Å². The second-order valence-corrected chi connectivity index (χ2v) is 7.99. The monoisotopic (exact) mass is 455 g/mol. The highest BCUT2D eigenvalue weighted by molar-refractivity contribution is 6.05. The van der Waals surface area contributed by atoms with Crippen LogP contribution in [0.25, 0.3) is 10.8 Å². The molecule has 1 amide bonds. The average molecular weight is 456 g/mol. The second kappa shape index (κ2) is 10.4. The van der Waals surface area contributed by atoms with E-state index in [1.54, 1.807) is 31.2 Å². The molecule has 33 heavy (non-hydrogen) atoms. The zero-order chi connectivity index (χ0) is 24.0. The predicted molar refractivity (Wildman–Crippen MR) is 122 cm³/mol. The number of fused-ring (bicyclic) bond motifs is 1. The van der Waals surface area contributed by atoms with Crippen LogP contribution >= 0.6 is 0 Å². The van der Waals surface area contributed by atoms with Crippen LogP contribution in [0.3, 0.4) is 0 Å². The number of hydrogen-bond donors (Lipinski definition) is 2. The number of carboxylic acid groups (broad SMARTS) is 1. The normalized spacial score (nSPS) is 12.8. The fourth-order valence-corrected chi connectivity index (χ4v) is 3.77. The van der Waals surface area contributed by atoms with Crippen LogP contribution in [-0.4, -0.2) is 22.5 Å². The van der Waals surface area contributed by atoms with E-state index in [2.05, 4.69) is 5.32 Å². The second-order valence-electron chi connectivity index (χ2n) is 7.99. The molecule has 0 saturated carbocycles. The lowest BCUT2D eigenvalue weighted by molar-refractivity contribution is -0.145. The Morgan fingerprint density at radius 3 is 2.48 bits per heavy atom. The van der Waals surface area contributed by atoms with Gasteiger partial charge in [-0.25, -0.2) is 13.6 Å². The molecule has 3 aromatic rings. The zero-order valence-corrected chi connectivity index (χ0v) is 18.7. The van der Waals surface area contributed by atoms with Crippen molar-refractivity contribution in [1.82, 2.24) is 5.32 Å². The number of halogens is 2. The van der Waals surface area contributed by atoms with Gasteiger partial charge in [-0.2, -0.15) is 0 Å². The third-order valence-corrected chi connectivity index (χ3v) is 5.83. The number of ether oxygens (including phenoxy) is 1. The number of benzene rings is 3. The van der Waals surface area contributed by atoms with Crippen LogP contribution in [0.5, 0.6) is 5.75 Å². The maximum absolute atomic E-state index is 14.1. The van der Waals surface area contributed by atoms with Crippen molar-refractivity contribution >= 4 is 22.6 Å². The van der Waals surface area contributed by atoms with Gasteiger partial charge in [-0.05, 0) is 36.4 Å². The van der Waals surface area contributed by atoms with Crippen LogP contribution in [0.4, 0.5) is 8.78 Å². The Morgan fingerprint density at radius 1 is 1.06 bits per heavy atom. The van der Waals surface area contributed by atoms with Gasteiger partial charge in [-0.3, -0.25) is 4.79 Å². The minimum atomic E-state index is -1.40. The van der Waals surface area contributed by atoms with Gasteiger partial charge < -0.3 is 15.2 Å². The van der Waals surface area contributed by atoms with Crippen LogP contribution in [0, 0.1) is 11.6 Å². The number of carboxylic acids is 1. The molecule has 0 heterocycles. The number of rotatable bonds is 10. The Kier molecular flexibility index (Phi) is 7.63. The number of unbranched alkanes of at least 4 members (excludes halogenated alkanes) is 1. The van der Waals surface area contributed by atoms with Crippen LogP contribution in [0.15, 0.2) is 54.6 Å². The highest BCUT2D eigenvalue weighted by Gasteiger charge is 2.38. The summed E-state index contributed by atoms with van der Waals surface area (Å²) in [5, 5.41) is 14.0. The summed E-state index contributed by atoms with van der Waals surface area (Å²) in [7, 11) is 0. The first-order chi connectivity index (χ1) is 15.8. The van der Waals surface area contributed by atoms with Gasteiger partial charge in [0.2, 0.25) is 0 Å². The Bertz CT molecular complexity index is 1160. The summed E-state index contributed by atoms with van der Waals surface area (Å²) in [4.78, 5) is 25.4. The minimum absolute atomic E-state index is 0.132. The Morgan fingerprint density at radius 2 is 1.82 bits per heavy atom. The molecule has 1 atom stereocenters. The van der Waals surface area contributed by atoms with Crippen LogP contribution in [-0.2, 0) is 11.4 Å². The van der Waals surface area contributed by atoms with E-state index in [0.29, 0.717) is 18.2 Å². The minimum Gasteiger partial charge on any atom is -0.487 e. The van der Waals surface area contributed by atoms with Crippen molar-refractivity contribution in [3.05, 3.63) is 77.4 Å². The molecule has 3 aromatic carbocycles. The molecule has 7 heteroatoms. The predicted octanol–water partition coefficient (Wildman–Crippen LogP) is 5.85. The van der Waals surface area contributed by atoms with Gasteiger partial charge in [-0.1, -0.05) is 57.0 Å². The highest BCUT2D eigenvalue weighted by Crippen LogP contribution is 2.32. The maximum Gasteiger partial charge on any atom is 0.329 e. The number of carbonyl (C=O) groups is 2. The highest BCUT2D eigenvalue weighted by atomic mass is 19.1. The lowest BCUT2D eigenvalue weighted by atomic mass is 9.89. The first-order valence-corrected chi connectivity index (χ1v) is 11.0. The van der Waals surface area contributed by atoms with E-state index in [1.165, 1.54) is 6.07 Å². The van der Waals surface area contributed by atoms with Crippen molar-refractivity contribution in [2.45, 2.75) is 51.7 Å². The van der Waals surface area contributed by atoms with Crippen molar-refractivity contribution in [1.29, 1.82) is 0 Å². The molecule has 0 aliphatic rings. The average Bonchev–Trinajstić information content (AvgIpc) is 2.80. The van der Waals surface area contributed by atoms with Crippen LogP contribution in [0.1, 0.15) is 55.5 Å². The summed E-state index contributed by atoms with van der Waals surface area (Å²) >= 11 is 0. The van der Waals surface area contributed by atoms with Gasteiger partial charge in [0.1, 0.15) is 29.5 Å². The molecule has 0 spiro atoms. The summed E-state index contributed by atoms with van der Waals surface area (Å²) in [6, 6.07) is 13.7. The molecule has 2 N–H and O–H groups in total. The zero-order valence-electron chi connectivity index (χ0n) is 18.7. The van der Waals surface area contributed by atoms with E-state index in [0.717, 1.165) is 23.9 Å². The molecule has 174 valence electrons.